The number of benzene rings is 1. The number of ether oxygens (including phenoxy) is 1. The zero-order valence-electron chi connectivity index (χ0n) is 11.0. The Hall–Kier alpha value is -0.820. The molecule has 1 amide bonds. The normalized spacial score (nSPS) is 22.3. The van der Waals surface area contributed by atoms with Crippen molar-refractivity contribution >= 4 is 34.2 Å². The lowest BCUT2D eigenvalue weighted by Gasteiger charge is -2.15. The average Bonchev–Trinajstić information content (AvgIpc) is 2.78. The minimum absolute atomic E-state index is 0.0357. The molecule has 2 rings (SSSR count). The highest BCUT2D eigenvalue weighted by atomic mass is 127. The second-order valence-electron chi connectivity index (χ2n) is 4.95. The first kappa shape index (κ1) is 14.6. The maximum Gasteiger partial charge on any atom is 0.224 e. The van der Waals surface area contributed by atoms with Gasteiger partial charge >= 0.3 is 0 Å². The molecule has 0 saturated heterocycles. The molecule has 19 heavy (non-hydrogen) atoms. The Kier molecular flexibility index (Phi) is 5.04. The van der Waals surface area contributed by atoms with Crippen LogP contribution in [0.15, 0.2) is 18.2 Å². The van der Waals surface area contributed by atoms with Crippen LogP contribution in [-0.2, 0) is 4.79 Å². The fraction of sp³-hybridized carbons (Fsp3) is 0.500. The zero-order chi connectivity index (χ0) is 13.8. The van der Waals surface area contributed by atoms with Gasteiger partial charge in [0.2, 0.25) is 5.91 Å². The molecule has 1 aromatic rings. The highest BCUT2D eigenvalue weighted by Crippen LogP contribution is 2.28. The molecule has 1 aliphatic carbocycles. The molecule has 1 aromatic carbocycles. The highest BCUT2D eigenvalue weighted by Gasteiger charge is 2.26. The van der Waals surface area contributed by atoms with Crippen molar-refractivity contribution in [1.29, 1.82) is 0 Å². The number of halogens is 1. The Bertz CT molecular complexity index is 465. The minimum atomic E-state index is 0.0357. The van der Waals surface area contributed by atoms with E-state index in [0.29, 0.717) is 12.3 Å². The first-order chi connectivity index (χ1) is 9.10. The molecule has 0 bridgehead atoms. The summed E-state index contributed by atoms with van der Waals surface area (Å²) in [5.41, 5.74) is 6.80. The molecular weight excluding hydrogens is 355 g/mol. The molecule has 0 spiro atoms. The van der Waals surface area contributed by atoms with Crippen molar-refractivity contribution in [1.82, 2.24) is 0 Å². The van der Waals surface area contributed by atoms with Gasteiger partial charge in [-0.3, -0.25) is 4.79 Å². The number of hydrogen-bond acceptors (Lipinski definition) is 3. The molecule has 1 saturated carbocycles. The van der Waals surface area contributed by atoms with Crippen molar-refractivity contribution in [3.8, 4) is 5.75 Å². The lowest BCUT2D eigenvalue weighted by Crippen LogP contribution is -2.28. The van der Waals surface area contributed by atoms with E-state index >= 15 is 0 Å². The van der Waals surface area contributed by atoms with Gasteiger partial charge < -0.3 is 15.8 Å². The summed E-state index contributed by atoms with van der Waals surface area (Å²) < 4.78 is 6.17. The highest BCUT2D eigenvalue weighted by molar-refractivity contribution is 14.1. The molecule has 2 atom stereocenters. The first-order valence-corrected chi connectivity index (χ1v) is 7.57. The van der Waals surface area contributed by atoms with Crippen molar-refractivity contribution < 1.29 is 9.53 Å². The van der Waals surface area contributed by atoms with Gasteiger partial charge in [0.05, 0.1) is 12.8 Å². The SMILES string of the molecule is COc1ccc(I)c(NC(=O)C[C@@H]2CCC[C@H]2N)c1. The van der Waals surface area contributed by atoms with Gasteiger partial charge in [0.25, 0.3) is 0 Å². The average molecular weight is 374 g/mol. The molecule has 0 heterocycles. The van der Waals surface area contributed by atoms with Crippen molar-refractivity contribution in [2.75, 3.05) is 12.4 Å². The third-order valence-corrected chi connectivity index (χ3v) is 4.55. The summed E-state index contributed by atoms with van der Waals surface area (Å²) in [5.74, 6) is 1.10. The van der Waals surface area contributed by atoms with E-state index in [1.54, 1.807) is 7.11 Å². The van der Waals surface area contributed by atoms with Crippen LogP contribution in [-0.4, -0.2) is 19.1 Å². The number of anilines is 1. The van der Waals surface area contributed by atoms with E-state index in [9.17, 15) is 4.79 Å². The summed E-state index contributed by atoms with van der Waals surface area (Å²) in [6.07, 6.45) is 3.74. The number of nitrogens with two attached hydrogens (primary N) is 1. The van der Waals surface area contributed by atoms with Crippen LogP contribution in [0.4, 0.5) is 5.69 Å². The number of hydrogen-bond donors (Lipinski definition) is 2. The molecule has 1 aliphatic rings. The summed E-state index contributed by atoms with van der Waals surface area (Å²) in [4.78, 5) is 12.1. The molecular formula is C14H19IN2O2. The molecule has 0 aliphatic heterocycles. The van der Waals surface area contributed by atoms with Crippen LogP contribution in [0.25, 0.3) is 0 Å². The van der Waals surface area contributed by atoms with E-state index in [4.69, 9.17) is 10.5 Å². The van der Waals surface area contributed by atoms with Crippen LogP contribution in [0.1, 0.15) is 25.7 Å². The number of nitrogens with one attached hydrogen (secondary N) is 1. The largest absolute Gasteiger partial charge is 0.497 e. The van der Waals surface area contributed by atoms with Crippen molar-refractivity contribution in [3.05, 3.63) is 21.8 Å². The van der Waals surface area contributed by atoms with Crippen LogP contribution in [0, 0.1) is 9.49 Å². The van der Waals surface area contributed by atoms with E-state index in [1.807, 2.05) is 18.2 Å². The monoisotopic (exact) mass is 374 g/mol. The minimum Gasteiger partial charge on any atom is -0.497 e. The Morgan fingerprint density at radius 3 is 2.95 bits per heavy atom. The molecule has 3 N–H and O–H groups in total. The Balaban J connectivity index is 1.98. The fourth-order valence-corrected chi connectivity index (χ4v) is 2.96. The molecule has 0 aromatic heterocycles. The Morgan fingerprint density at radius 1 is 1.53 bits per heavy atom. The second kappa shape index (κ2) is 6.56. The Labute approximate surface area is 127 Å². The van der Waals surface area contributed by atoms with Gasteiger partial charge in [0.1, 0.15) is 5.75 Å². The second-order valence-corrected chi connectivity index (χ2v) is 6.12. The topological polar surface area (TPSA) is 64.3 Å². The lowest BCUT2D eigenvalue weighted by molar-refractivity contribution is -0.117. The summed E-state index contributed by atoms with van der Waals surface area (Å²) in [6.45, 7) is 0. The van der Waals surface area contributed by atoms with Gasteiger partial charge in [-0.1, -0.05) is 6.42 Å². The smallest absolute Gasteiger partial charge is 0.224 e. The fourth-order valence-electron chi connectivity index (χ4n) is 2.49. The predicted octanol–water partition coefficient (Wildman–Crippen LogP) is 2.76. The molecule has 0 radical (unpaired) electrons. The van der Waals surface area contributed by atoms with Gasteiger partial charge in [0.15, 0.2) is 0 Å². The van der Waals surface area contributed by atoms with Gasteiger partial charge in [-0.2, -0.15) is 0 Å². The zero-order valence-corrected chi connectivity index (χ0v) is 13.1. The number of rotatable bonds is 4. The first-order valence-electron chi connectivity index (χ1n) is 6.49. The number of amides is 1. The van der Waals surface area contributed by atoms with Gasteiger partial charge in [0, 0.05) is 22.1 Å². The van der Waals surface area contributed by atoms with E-state index in [-0.39, 0.29) is 11.9 Å². The third-order valence-electron chi connectivity index (χ3n) is 3.61. The van der Waals surface area contributed by atoms with E-state index < -0.39 is 0 Å². The summed E-state index contributed by atoms with van der Waals surface area (Å²) in [6, 6.07) is 5.82. The van der Waals surface area contributed by atoms with E-state index in [2.05, 4.69) is 27.9 Å². The van der Waals surface area contributed by atoms with Gasteiger partial charge in [-0.05, 0) is 53.5 Å². The van der Waals surface area contributed by atoms with Crippen molar-refractivity contribution in [2.45, 2.75) is 31.7 Å². The standard InChI is InChI=1S/C14H19IN2O2/c1-19-10-5-6-11(15)13(8-10)17-14(18)7-9-3-2-4-12(9)16/h5-6,8-9,12H,2-4,7,16H2,1H3,(H,17,18)/t9-,12+/m0/s1. The number of carbonyl (C=O) groups is 1. The van der Waals surface area contributed by atoms with Gasteiger partial charge in [-0.25, -0.2) is 0 Å². The maximum absolute atomic E-state index is 12.1. The summed E-state index contributed by atoms with van der Waals surface area (Å²) >= 11 is 2.20. The predicted molar refractivity (Wildman–Crippen MR) is 84.3 cm³/mol. The van der Waals surface area contributed by atoms with Crippen molar-refractivity contribution in [3.63, 3.8) is 0 Å². The number of methoxy groups -OCH3 is 1. The Morgan fingerprint density at radius 2 is 2.32 bits per heavy atom. The molecule has 0 unspecified atom stereocenters. The van der Waals surface area contributed by atoms with E-state index in [0.717, 1.165) is 34.3 Å². The summed E-state index contributed by atoms with van der Waals surface area (Å²) in [7, 11) is 1.62. The van der Waals surface area contributed by atoms with E-state index in [1.165, 1.54) is 0 Å². The van der Waals surface area contributed by atoms with Crippen LogP contribution >= 0.6 is 22.6 Å². The third kappa shape index (κ3) is 3.82. The van der Waals surface area contributed by atoms with Crippen LogP contribution in [0.2, 0.25) is 0 Å². The van der Waals surface area contributed by atoms with Crippen LogP contribution < -0.4 is 15.8 Å². The quantitative estimate of drug-likeness (QED) is 0.797. The van der Waals surface area contributed by atoms with Crippen LogP contribution in [0.3, 0.4) is 0 Å². The van der Waals surface area contributed by atoms with Crippen LogP contribution in [0.5, 0.6) is 5.75 Å². The lowest BCUT2D eigenvalue weighted by atomic mass is 10.00. The number of carbonyl (C=O) groups excluding carboxylic acids is 1. The molecule has 104 valence electrons. The molecule has 5 heteroatoms. The molecule has 4 nitrogen and oxygen atoms in total. The summed E-state index contributed by atoms with van der Waals surface area (Å²) in [5, 5.41) is 2.95. The maximum atomic E-state index is 12.1. The van der Waals surface area contributed by atoms with Gasteiger partial charge in [-0.15, -0.1) is 0 Å². The molecule has 1 fully saturated rings. The van der Waals surface area contributed by atoms with Crippen molar-refractivity contribution in [2.24, 2.45) is 11.7 Å².